The van der Waals surface area contributed by atoms with E-state index in [9.17, 15) is 9.18 Å². The number of amides is 1. The van der Waals surface area contributed by atoms with Crippen molar-refractivity contribution in [2.24, 2.45) is 11.7 Å². The molecule has 0 aromatic heterocycles. The Kier molecular flexibility index (Phi) is 5.76. The molecule has 0 heterocycles. The van der Waals surface area contributed by atoms with Crippen LogP contribution in [0.2, 0.25) is 0 Å². The minimum Gasteiger partial charge on any atom is -0.494 e. The first-order valence-corrected chi connectivity index (χ1v) is 6.28. The number of hydrogen-bond donors (Lipinski definition) is 1. The van der Waals surface area contributed by atoms with Gasteiger partial charge in [-0.2, -0.15) is 0 Å². The lowest BCUT2D eigenvalue weighted by Gasteiger charge is -2.24. The standard InChI is InChI=1S/C14H21FN2O2/c1-10(2)8-17(14(18)7-16)9-11-4-5-13(19-3)12(15)6-11/h4-6,10H,7-9,16H2,1-3H3. The van der Waals surface area contributed by atoms with Gasteiger partial charge in [0.25, 0.3) is 0 Å². The summed E-state index contributed by atoms with van der Waals surface area (Å²) in [5, 5.41) is 0. The maximum Gasteiger partial charge on any atom is 0.236 e. The summed E-state index contributed by atoms with van der Waals surface area (Å²) in [5.41, 5.74) is 6.12. The van der Waals surface area contributed by atoms with Crippen LogP contribution in [0.3, 0.4) is 0 Å². The van der Waals surface area contributed by atoms with Gasteiger partial charge in [0.05, 0.1) is 13.7 Å². The molecule has 1 aromatic rings. The predicted octanol–water partition coefficient (Wildman–Crippen LogP) is 1.78. The molecule has 0 fully saturated rings. The number of methoxy groups -OCH3 is 1. The third-order valence-corrected chi connectivity index (χ3v) is 2.70. The van der Waals surface area contributed by atoms with E-state index in [1.54, 1.807) is 17.0 Å². The van der Waals surface area contributed by atoms with E-state index >= 15 is 0 Å². The first kappa shape index (κ1) is 15.4. The summed E-state index contributed by atoms with van der Waals surface area (Å²) in [7, 11) is 1.42. The molecule has 0 radical (unpaired) electrons. The zero-order valence-electron chi connectivity index (χ0n) is 11.6. The zero-order chi connectivity index (χ0) is 14.4. The number of carbonyl (C=O) groups is 1. The smallest absolute Gasteiger partial charge is 0.236 e. The van der Waals surface area contributed by atoms with E-state index in [0.29, 0.717) is 19.0 Å². The highest BCUT2D eigenvalue weighted by Gasteiger charge is 2.14. The molecule has 0 atom stereocenters. The van der Waals surface area contributed by atoms with Crippen LogP contribution in [0.5, 0.6) is 5.75 Å². The SMILES string of the molecule is COc1ccc(CN(CC(C)C)C(=O)CN)cc1F. The highest BCUT2D eigenvalue weighted by Crippen LogP contribution is 2.19. The summed E-state index contributed by atoms with van der Waals surface area (Å²) in [6.45, 7) is 4.96. The second kappa shape index (κ2) is 7.09. The van der Waals surface area contributed by atoms with Crippen LogP contribution >= 0.6 is 0 Å². The maximum atomic E-state index is 13.6. The molecule has 0 aliphatic heterocycles. The Morgan fingerprint density at radius 2 is 2.16 bits per heavy atom. The van der Waals surface area contributed by atoms with Crippen LogP contribution in [0, 0.1) is 11.7 Å². The molecule has 0 saturated carbocycles. The van der Waals surface area contributed by atoms with Crippen molar-refractivity contribution in [2.75, 3.05) is 20.2 Å². The average molecular weight is 268 g/mol. The van der Waals surface area contributed by atoms with Crippen LogP contribution in [-0.4, -0.2) is 31.0 Å². The molecule has 0 spiro atoms. The number of nitrogens with two attached hydrogens (primary N) is 1. The van der Waals surface area contributed by atoms with Crippen molar-refractivity contribution in [1.82, 2.24) is 4.90 Å². The van der Waals surface area contributed by atoms with Gasteiger partial charge in [0.1, 0.15) is 0 Å². The van der Waals surface area contributed by atoms with Crippen molar-refractivity contribution < 1.29 is 13.9 Å². The molecule has 1 amide bonds. The monoisotopic (exact) mass is 268 g/mol. The summed E-state index contributed by atoms with van der Waals surface area (Å²) in [6, 6.07) is 4.69. The third-order valence-electron chi connectivity index (χ3n) is 2.70. The fourth-order valence-corrected chi connectivity index (χ4v) is 1.85. The first-order chi connectivity index (χ1) is 8.97. The number of benzene rings is 1. The van der Waals surface area contributed by atoms with E-state index in [-0.39, 0.29) is 18.2 Å². The molecule has 0 aliphatic rings. The van der Waals surface area contributed by atoms with Crippen molar-refractivity contribution in [3.05, 3.63) is 29.6 Å². The van der Waals surface area contributed by atoms with Crippen molar-refractivity contribution in [3.8, 4) is 5.75 Å². The van der Waals surface area contributed by atoms with Gasteiger partial charge in [0, 0.05) is 13.1 Å². The second-order valence-corrected chi connectivity index (χ2v) is 4.84. The Morgan fingerprint density at radius 1 is 1.47 bits per heavy atom. The van der Waals surface area contributed by atoms with Gasteiger partial charge in [-0.1, -0.05) is 19.9 Å². The molecule has 4 nitrogen and oxygen atoms in total. The lowest BCUT2D eigenvalue weighted by atomic mass is 10.1. The van der Waals surface area contributed by atoms with E-state index in [4.69, 9.17) is 10.5 Å². The van der Waals surface area contributed by atoms with E-state index in [0.717, 1.165) is 5.56 Å². The van der Waals surface area contributed by atoms with Crippen molar-refractivity contribution >= 4 is 5.91 Å². The van der Waals surface area contributed by atoms with Crippen LogP contribution in [-0.2, 0) is 11.3 Å². The number of halogens is 1. The number of ether oxygens (including phenoxy) is 1. The van der Waals surface area contributed by atoms with Gasteiger partial charge in [-0.3, -0.25) is 4.79 Å². The summed E-state index contributed by atoms with van der Waals surface area (Å²) in [6.07, 6.45) is 0. The molecular weight excluding hydrogens is 247 g/mol. The average Bonchev–Trinajstić information content (AvgIpc) is 2.36. The largest absolute Gasteiger partial charge is 0.494 e. The van der Waals surface area contributed by atoms with Crippen LogP contribution in [0.4, 0.5) is 4.39 Å². The number of carbonyl (C=O) groups excluding carboxylic acids is 1. The zero-order valence-corrected chi connectivity index (χ0v) is 11.6. The van der Waals surface area contributed by atoms with Gasteiger partial charge in [-0.15, -0.1) is 0 Å². The lowest BCUT2D eigenvalue weighted by Crippen LogP contribution is -2.37. The summed E-state index contributed by atoms with van der Waals surface area (Å²) >= 11 is 0. The second-order valence-electron chi connectivity index (χ2n) is 4.84. The minimum atomic E-state index is -0.426. The lowest BCUT2D eigenvalue weighted by molar-refractivity contribution is -0.130. The predicted molar refractivity (Wildman–Crippen MR) is 72.3 cm³/mol. The van der Waals surface area contributed by atoms with Gasteiger partial charge in [-0.05, 0) is 23.6 Å². The van der Waals surface area contributed by atoms with Crippen molar-refractivity contribution in [1.29, 1.82) is 0 Å². The quantitative estimate of drug-likeness (QED) is 0.855. The summed E-state index contributed by atoms with van der Waals surface area (Å²) < 4.78 is 18.5. The molecule has 2 N–H and O–H groups in total. The Hall–Kier alpha value is -1.62. The van der Waals surface area contributed by atoms with Crippen LogP contribution in [0.1, 0.15) is 19.4 Å². The van der Waals surface area contributed by atoms with E-state index < -0.39 is 5.82 Å². The Morgan fingerprint density at radius 3 is 2.63 bits per heavy atom. The fraction of sp³-hybridized carbons (Fsp3) is 0.500. The molecule has 0 aliphatic carbocycles. The molecule has 1 rings (SSSR count). The van der Waals surface area contributed by atoms with Crippen molar-refractivity contribution in [2.45, 2.75) is 20.4 Å². The van der Waals surface area contributed by atoms with E-state index in [2.05, 4.69) is 0 Å². The summed E-state index contributed by atoms with van der Waals surface area (Å²) in [4.78, 5) is 13.4. The maximum absolute atomic E-state index is 13.6. The van der Waals surface area contributed by atoms with Gasteiger partial charge in [0.15, 0.2) is 11.6 Å². The van der Waals surface area contributed by atoms with Crippen LogP contribution in [0.25, 0.3) is 0 Å². The van der Waals surface area contributed by atoms with Gasteiger partial charge in [0.2, 0.25) is 5.91 Å². The molecule has 106 valence electrons. The topological polar surface area (TPSA) is 55.6 Å². The molecule has 0 bridgehead atoms. The normalized spacial score (nSPS) is 10.6. The molecule has 5 heteroatoms. The van der Waals surface area contributed by atoms with Gasteiger partial charge >= 0.3 is 0 Å². The number of hydrogen-bond acceptors (Lipinski definition) is 3. The van der Waals surface area contributed by atoms with Crippen molar-refractivity contribution in [3.63, 3.8) is 0 Å². The molecule has 1 aromatic carbocycles. The number of rotatable bonds is 6. The van der Waals surface area contributed by atoms with Gasteiger partial charge in [-0.25, -0.2) is 4.39 Å². The molecule has 19 heavy (non-hydrogen) atoms. The first-order valence-electron chi connectivity index (χ1n) is 6.28. The fourth-order valence-electron chi connectivity index (χ4n) is 1.85. The highest BCUT2D eigenvalue weighted by molar-refractivity contribution is 5.78. The highest BCUT2D eigenvalue weighted by atomic mass is 19.1. The third kappa shape index (κ3) is 4.52. The Bertz CT molecular complexity index is 435. The Balaban J connectivity index is 2.83. The van der Waals surface area contributed by atoms with Crippen LogP contribution < -0.4 is 10.5 Å². The molecule has 0 unspecified atom stereocenters. The molecular formula is C14H21FN2O2. The van der Waals surface area contributed by atoms with E-state index in [1.165, 1.54) is 13.2 Å². The minimum absolute atomic E-state index is 0.0364. The Labute approximate surface area is 113 Å². The van der Waals surface area contributed by atoms with E-state index in [1.807, 2.05) is 13.8 Å². The summed E-state index contributed by atoms with van der Waals surface area (Å²) in [5.74, 6) is -0.0301. The van der Waals surface area contributed by atoms with Gasteiger partial charge < -0.3 is 15.4 Å². The molecule has 0 saturated heterocycles. The van der Waals surface area contributed by atoms with Crippen LogP contribution in [0.15, 0.2) is 18.2 Å². The number of nitrogens with zero attached hydrogens (tertiary/aromatic N) is 1.